The third kappa shape index (κ3) is 2.12. The second-order valence-electron chi connectivity index (χ2n) is 6.19. The van der Waals surface area contributed by atoms with E-state index in [1.54, 1.807) is 7.11 Å². The number of carbonyl (C=O) groups excluding carboxylic acids is 1. The molecule has 2 aliphatic rings. The molecule has 0 spiro atoms. The molecule has 2 aromatic rings. The molecule has 4 atom stereocenters. The third-order valence-electron chi connectivity index (χ3n) is 5.00. The summed E-state index contributed by atoms with van der Waals surface area (Å²) in [6.45, 7) is 1.41. The summed E-state index contributed by atoms with van der Waals surface area (Å²) >= 11 is 0. The van der Waals surface area contributed by atoms with Gasteiger partial charge in [-0.1, -0.05) is 6.07 Å². The lowest BCUT2D eigenvalue weighted by atomic mass is 9.67. The SMILES string of the molecule is COC[C@@H]1[C@H](NC(=O)c2ccc3cc[nH]c3c2)[C@@H]2CCO[C@H]12. The topological polar surface area (TPSA) is 63.3 Å². The van der Waals surface area contributed by atoms with E-state index in [0.717, 1.165) is 23.9 Å². The van der Waals surface area contributed by atoms with Crippen LogP contribution in [0.25, 0.3) is 10.9 Å². The van der Waals surface area contributed by atoms with Gasteiger partial charge < -0.3 is 19.8 Å². The lowest BCUT2D eigenvalue weighted by Crippen LogP contribution is -2.62. The van der Waals surface area contributed by atoms with Crippen LogP contribution in [0.15, 0.2) is 30.5 Å². The number of H-pyrrole nitrogens is 1. The smallest absolute Gasteiger partial charge is 0.251 e. The van der Waals surface area contributed by atoms with Crippen LogP contribution in [0.2, 0.25) is 0 Å². The Bertz CT molecular complexity index is 696. The predicted molar refractivity (Wildman–Crippen MR) is 82.8 cm³/mol. The maximum Gasteiger partial charge on any atom is 0.251 e. The average Bonchev–Trinajstić information content (AvgIpc) is 3.16. The number of aromatic amines is 1. The Hall–Kier alpha value is -1.85. The van der Waals surface area contributed by atoms with E-state index in [0.29, 0.717) is 18.1 Å². The van der Waals surface area contributed by atoms with Crippen molar-refractivity contribution in [2.45, 2.75) is 18.6 Å². The zero-order valence-corrected chi connectivity index (χ0v) is 12.5. The van der Waals surface area contributed by atoms with Gasteiger partial charge in [0.25, 0.3) is 5.91 Å². The van der Waals surface area contributed by atoms with Crippen molar-refractivity contribution in [2.24, 2.45) is 11.8 Å². The minimum atomic E-state index is -0.0204. The molecule has 1 aliphatic carbocycles. The van der Waals surface area contributed by atoms with Crippen LogP contribution in [0.5, 0.6) is 0 Å². The summed E-state index contributed by atoms with van der Waals surface area (Å²) in [5, 5.41) is 4.30. The minimum absolute atomic E-state index is 0.0204. The van der Waals surface area contributed by atoms with Crippen LogP contribution in [-0.2, 0) is 9.47 Å². The van der Waals surface area contributed by atoms with Gasteiger partial charge in [0.2, 0.25) is 0 Å². The standard InChI is InChI=1S/C17H20N2O3/c1-21-9-13-15(12-5-7-22-16(12)13)19-17(20)11-3-2-10-4-6-18-14(10)8-11/h2-4,6,8,12-13,15-16,18H,5,7,9H2,1H3,(H,19,20)/t12-,13+,15+,16-/m0/s1. The first-order valence-corrected chi connectivity index (χ1v) is 7.76. The fourth-order valence-corrected chi connectivity index (χ4v) is 3.86. The molecule has 2 fully saturated rings. The van der Waals surface area contributed by atoms with E-state index in [1.807, 2.05) is 30.5 Å². The molecule has 0 bridgehead atoms. The number of hydrogen-bond donors (Lipinski definition) is 2. The van der Waals surface area contributed by atoms with E-state index in [-0.39, 0.29) is 24.0 Å². The van der Waals surface area contributed by atoms with E-state index in [9.17, 15) is 4.79 Å². The van der Waals surface area contributed by atoms with Crippen molar-refractivity contribution >= 4 is 16.8 Å². The highest BCUT2D eigenvalue weighted by Gasteiger charge is 2.54. The Morgan fingerprint density at radius 3 is 3.23 bits per heavy atom. The van der Waals surface area contributed by atoms with Gasteiger partial charge in [-0.25, -0.2) is 0 Å². The molecule has 1 aliphatic heterocycles. The molecule has 5 nitrogen and oxygen atoms in total. The maximum absolute atomic E-state index is 12.5. The second-order valence-corrected chi connectivity index (χ2v) is 6.19. The number of methoxy groups -OCH3 is 1. The quantitative estimate of drug-likeness (QED) is 0.907. The monoisotopic (exact) mass is 300 g/mol. The van der Waals surface area contributed by atoms with Crippen molar-refractivity contribution in [3.8, 4) is 0 Å². The third-order valence-corrected chi connectivity index (χ3v) is 5.00. The Kier molecular flexibility index (Phi) is 3.39. The molecule has 1 saturated carbocycles. The van der Waals surface area contributed by atoms with Crippen LogP contribution < -0.4 is 5.32 Å². The molecule has 4 rings (SSSR count). The maximum atomic E-state index is 12.5. The number of carbonyl (C=O) groups is 1. The molecular formula is C17H20N2O3. The Balaban J connectivity index is 1.50. The number of amides is 1. The molecular weight excluding hydrogens is 280 g/mol. The fraction of sp³-hybridized carbons (Fsp3) is 0.471. The van der Waals surface area contributed by atoms with Crippen molar-refractivity contribution < 1.29 is 14.3 Å². The normalized spacial score (nSPS) is 30.0. The largest absolute Gasteiger partial charge is 0.384 e. The Morgan fingerprint density at radius 2 is 2.36 bits per heavy atom. The zero-order chi connectivity index (χ0) is 15.1. The van der Waals surface area contributed by atoms with E-state index >= 15 is 0 Å². The van der Waals surface area contributed by atoms with E-state index in [4.69, 9.17) is 9.47 Å². The van der Waals surface area contributed by atoms with Crippen molar-refractivity contribution in [1.29, 1.82) is 0 Å². The van der Waals surface area contributed by atoms with Crippen LogP contribution >= 0.6 is 0 Å². The molecule has 0 radical (unpaired) electrons. The molecule has 2 heterocycles. The first-order valence-electron chi connectivity index (χ1n) is 7.76. The number of ether oxygens (including phenoxy) is 2. The van der Waals surface area contributed by atoms with Gasteiger partial charge in [-0.15, -0.1) is 0 Å². The minimum Gasteiger partial charge on any atom is -0.384 e. The van der Waals surface area contributed by atoms with Gasteiger partial charge in [0.15, 0.2) is 0 Å². The zero-order valence-electron chi connectivity index (χ0n) is 12.5. The highest BCUT2D eigenvalue weighted by molar-refractivity contribution is 5.98. The van der Waals surface area contributed by atoms with Crippen molar-refractivity contribution in [2.75, 3.05) is 20.3 Å². The first kappa shape index (κ1) is 13.8. The van der Waals surface area contributed by atoms with Gasteiger partial charge in [-0.3, -0.25) is 4.79 Å². The van der Waals surface area contributed by atoms with Crippen LogP contribution in [0.1, 0.15) is 16.8 Å². The van der Waals surface area contributed by atoms with Crippen LogP contribution in [0.4, 0.5) is 0 Å². The number of fused-ring (bicyclic) bond motifs is 2. The van der Waals surface area contributed by atoms with Gasteiger partial charge in [-0.2, -0.15) is 0 Å². The van der Waals surface area contributed by atoms with Crippen molar-refractivity contribution in [3.05, 3.63) is 36.0 Å². The van der Waals surface area contributed by atoms with Crippen molar-refractivity contribution in [1.82, 2.24) is 10.3 Å². The average molecular weight is 300 g/mol. The highest BCUT2D eigenvalue weighted by atomic mass is 16.5. The number of aromatic nitrogens is 1. The van der Waals surface area contributed by atoms with Gasteiger partial charge in [0, 0.05) is 48.9 Å². The van der Waals surface area contributed by atoms with Crippen LogP contribution in [0.3, 0.4) is 0 Å². The summed E-state index contributed by atoms with van der Waals surface area (Å²) in [5.41, 5.74) is 1.67. The van der Waals surface area contributed by atoms with Gasteiger partial charge >= 0.3 is 0 Å². The summed E-state index contributed by atoms with van der Waals surface area (Å²) in [6.07, 6.45) is 3.15. The molecule has 5 heteroatoms. The lowest BCUT2D eigenvalue weighted by molar-refractivity contribution is -0.0809. The van der Waals surface area contributed by atoms with Crippen LogP contribution in [0, 0.1) is 11.8 Å². The first-order chi connectivity index (χ1) is 10.8. The molecule has 22 heavy (non-hydrogen) atoms. The van der Waals surface area contributed by atoms with Crippen LogP contribution in [-0.4, -0.2) is 43.4 Å². The number of rotatable bonds is 4. The number of nitrogens with one attached hydrogen (secondary N) is 2. The molecule has 1 aromatic heterocycles. The lowest BCUT2D eigenvalue weighted by Gasteiger charge is -2.47. The fourth-order valence-electron chi connectivity index (χ4n) is 3.86. The van der Waals surface area contributed by atoms with E-state index < -0.39 is 0 Å². The molecule has 2 N–H and O–H groups in total. The Labute approximate surface area is 129 Å². The predicted octanol–water partition coefficient (Wildman–Crippen LogP) is 1.95. The molecule has 116 valence electrons. The van der Waals surface area contributed by atoms with Gasteiger partial charge in [0.1, 0.15) is 0 Å². The second kappa shape index (κ2) is 5.41. The summed E-state index contributed by atoms with van der Waals surface area (Å²) in [4.78, 5) is 15.7. The van der Waals surface area contributed by atoms with E-state index in [1.165, 1.54) is 0 Å². The molecule has 0 unspecified atom stereocenters. The molecule has 1 amide bonds. The van der Waals surface area contributed by atoms with Gasteiger partial charge in [0.05, 0.1) is 12.7 Å². The van der Waals surface area contributed by atoms with Gasteiger partial charge in [-0.05, 0) is 30.0 Å². The summed E-state index contributed by atoms with van der Waals surface area (Å²) in [7, 11) is 1.69. The number of benzene rings is 1. The van der Waals surface area contributed by atoms with E-state index in [2.05, 4.69) is 10.3 Å². The molecule has 1 saturated heterocycles. The van der Waals surface area contributed by atoms with Crippen molar-refractivity contribution in [3.63, 3.8) is 0 Å². The number of hydrogen-bond acceptors (Lipinski definition) is 3. The Morgan fingerprint density at radius 1 is 1.45 bits per heavy atom. The summed E-state index contributed by atoms with van der Waals surface area (Å²) < 4.78 is 11.0. The summed E-state index contributed by atoms with van der Waals surface area (Å²) in [5.74, 6) is 0.668. The summed E-state index contributed by atoms with van der Waals surface area (Å²) in [6, 6.07) is 7.89. The highest BCUT2D eigenvalue weighted by Crippen LogP contribution is 2.43. The molecule has 1 aromatic carbocycles.